The number of aromatic nitrogens is 2. The van der Waals surface area contributed by atoms with Gasteiger partial charge < -0.3 is 15.8 Å². The Morgan fingerprint density at radius 2 is 1.90 bits per heavy atom. The molecule has 0 bridgehead atoms. The Balaban J connectivity index is 2.28. The second kappa shape index (κ2) is 7.63. The Kier molecular flexibility index (Phi) is 5.38. The molecule has 3 rings (SSSR count). The number of nitrogens with two attached hydrogens (primary N) is 1. The summed E-state index contributed by atoms with van der Waals surface area (Å²) in [6.45, 7) is -0.199. The summed E-state index contributed by atoms with van der Waals surface area (Å²) in [5.41, 5.74) is 5.32. The number of pyridine rings is 2. The van der Waals surface area contributed by atoms with Gasteiger partial charge in [0.1, 0.15) is 12.4 Å². The van der Waals surface area contributed by atoms with Gasteiger partial charge in [-0.2, -0.15) is 13.2 Å². The molecule has 2 heterocycles. The molecule has 0 amide bonds. The van der Waals surface area contributed by atoms with Gasteiger partial charge in [0.25, 0.3) is 0 Å². The lowest BCUT2D eigenvalue weighted by atomic mass is 10.2. The summed E-state index contributed by atoms with van der Waals surface area (Å²) in [7, 11) is 0. The second-order valence-corrected chi connectivity index (χ2v) is 6.43. The van der Waals surface area contributed by atoms with Crippen molar-refractivity contribution in [3.63, 3.8) is 0 Å². The molecule has 3 aromatic rings. The Morgan fingerprint density at radius 1 is 1.24 bits per heavy atom. The molecule has 3 N–H and O–H groups in total. The summed E-state index contributed by atoms with van der Waals surface area (Å²) in [6, 6.07) is 8.71. The Morgan fingerprint density at radius 3 is 2.48 bits per heavy atom. The summed E-state index contributed by atoms with van der Waals surface area (Å²) in [4.78, 5) is 28.5. The molecular weight excluding hydrogens is 413 g/mol. The molecular formula is C18H14ClF3N4O3. The molecule has 2 aromatic heterocycles. The Hall–Kier alpha value is -3.27. The number of ether oxygens (including phenoxy) is 1. The van der Waals surface area contributed by atoms with E-state index >= 15 is 0 Å². The van der Waals surface area contributed by atoms with Gasteiger partial charge in [-0.3, -0.25) is 14.2 Å². The van der Waals surface area contributed by atoms with Crippen LogP contribution in [0.3, 0.4) is 0 Å². The fourth-order valence-electron chi connectivity index (χ4n) is 2.63. The van der Waals surface area contributed by atoms with E-state index in [0.29, 0.717) is 10.7 Å². The van der Waals surface area contributed by atoms with E-state index in [0.717, 1.165) is 11.5 Å². The average molecular weight is 427 g/mol. The summed E-state index contributed by atoms with van der Waals surface area (Å²) in [6.07, 6.45) is -4.45. The molecule has 29 heavy (non-hydrogen) atoms. The fraction of sp³-hybridized carbons (Fsp3) is 0.167. The van der Waals surface area contributed by atoms with Gasteiger partial charge in [-0.1, -0.05) is 11.6 Å². The van der Waals surface area contributed by atoms with E-state index in [4.69, 9.17) is 22.1 Å². The number of nitrogen functional groups attached to an aromatic ring is 1. The van der Waals surface area contributed by atoms with Crippen molar-refractivity contribution in [2.24, 2.45) is 0 Å². The van der Waals surface area contributed by atoms with Crippen LogP contribution in [0.15, 0.2) is 41.2 Å². The number of alkyl halides is 3. The zero-order chi connectivity index (χ0) is 21.3. The predicted octanol–water partition coefficient (Wildman–Crippen LogP) is 3.52. The third-order valence-electron chi connectivity index (χ3n) is 3.82. The van der Waals surface area contributed by atoms with Crippen LogP contribution < -0.4 is 21.3 Å². The van der Waals surface area contributed by atoms with Crippen molar-refractivity contribution in [1.29, 1.82) is 0 Å². The Labute approximate surface area is 166 Å². The summed E-state index contributed by atoms with van der Waals surface area (Å²) in [5, 5.41) is 2.77. The number of hydrogen-bond donors (Lipinski definition) is 2. The lowest BCUT2D eigenvalue weighted by molar-refractivity contribution is -0.132. The van der Waals surface area contributed by atoms with Crippen LogP contribution >= 0.6 is 11.6 Å². The minimum Gasteiger partial charge on any atom is -0.419 e. The average Bonchev–Trinajstić information content (AvgIpc) is 2.64. The second-order valence-electron chi connectivity index (χ2n) is 5.99. The minimum atomic E-state index is -4.45. The monoisotopic (exact) mass is 426 g/mol. The molecule has 0 saturated heterocycles. The maximum absolute atomic E-state index is 13.0. The molecule has 0 aliphatic rings. The molecule has 152 valence electrons. The van der Waals surface area contributed by atoms with Crippen molar-refractivity contribution in [2.75, 3.05) is 17.6 Å². The first-order chi connectivity index (χ1) is 13.6. The standard InChI is InChI=1S/C18H14ClF3N4O3/c1-9(27)29-15-14(23)12-6-7-13(24-8-18(20,21)22)25-16(12)26(17(15)28)11-4-2-10(19)3-5-11/h2-7H,8,23H2,1H3,(H,24,25). The van der Waals surface area contributed by atoms with Crippen LogP contribution in [0.25, 0.3) is 16.7 Å². The summed E-state index contributed by atoms with van der Waals surface area (Å²) < 4.78 is 43.6. The van der Waals surface area contributed by atoms with E-state index in [2.05, 4.69) is 10.3 Å². The largest absolute Gasteiger partial charge is 0.419 e. The van der Waals surface area contributed by atoms with Crippen LogP contribution in [0.4, 0.5) is 24.7 Å². The van der Waals surface area contributed by atoms with Gasteiger partial charge in [0.05, 0.1) is 11.4 Å². The molecule has 0 aliphatic heterocycles. The van der Waals surface area contributed by atoms with Crippen molar-refractivity contribution in [2.45, 2.75) is 13.1 Å². The van der Waals surface area contributed by atoms with Crippen LogP contribution in [0.1, 0.15) is 6.92 Å². The molecule has 1 aromatic carbocycles. The molecule has 7 nitrogen and oxygen atoms in total. The number of benzene rings is 1. The van der Waals surface area contributed by atoms with Crippen LogP contribution in [0.5, 0.6) is 5.75 Å². The number of fused-ring (bicyclic) bond motifs is 1. The number of carbonyl (C=O) groups excluding carboxylic acids is 1. The van der Waals surface area contributed by atoms with Crippen LogP contribution in [0.2, 0.25) is 5.02 Å². The molecule has 0 fully saturated rings. The van der Waals surface area contributed by atoms with Crippen molar-refractivity contribution < 1.29 is 22.7 Å². The van der Waals surface area contributed by atoms with E-state index in [9.17, 15) is 22.8 Å². The van der Waals surface area contributed by atoms with Gasteiger partial charge in [0, 0.05) is 17.3 Å². The quantitative estimate of drug-likeness (QED) is 0.619. The van der Waals surface area contributed by atoms with Crippen molar-refractivity contribution >= 4 is 40.1 Å². The number of halogens is 4. The lowest BCUT2D eigenvalue weighted by Crippen LogP contribution is -2.25. The maximum atomic E-state index is 13.0. The third kappa shape index (κ3) is 4.43. The number of carbonyl (C=O) groups is 1. The number of rotatable bonds is 4. The third-order valence-corrected chi connectivity index (χ3v) is 4.07. The van der Waals surface area contributed by atoms with E-state index in [-0.39, 0.29) is 22.5 Å². The first-order valence-corrected chi connectivity index (χ1v) is 8.55. The maximum Gasteiger partial charge on any atom is 0.405 e. The predicted molar refractivity (Wildman–Crippen MR) is 103 cm³/mol. The number of hydrogen-bond acceptors (Lipinski definition) is 6. The first kappa shape index (κ1) is 20.5. The number of esters is 1. The van der Waals surface area contributed by atoms with Crippen LogP contribution in [-0.2, 0) is 4.79 Å². The molecule has 0 radical (unpaired) electrons. The van der Waals surface area contributed by atoms with Gasteiger partial charge in [-0.15, -0.1) is 0 Å². The topological polar surface area (TPSA) is 99.2 Å². The van der Waals surface area contributed by atoms with Gasteiger partial charge in [-0.25, -0.2) is 4.98 Å². The molecule has 0 unspecified atom stereocenters. The van der Waals surface area contributed by atoms with E-state index in [1.165, 1.54) is 36.4 Å². The fourth-order valence-corrected chi connectivity index (χ4v) is 2.75. The molecule has 0 aliphatic carbocycles. The van der Waals surface area contributed by atoms with E-state index < -0.39 is 30.0 Å². The van der Waals surface area contributed by atoms with Gasteiger partial charge in [-0.05, 0) is 36.4 Å². The van der Waals surface area contributed by atoms with E-state index in [1.807, 2.05) is 0 Å². The van der Waals surface area contributed by atoms with Gasteiger partial charge in [0.2, 0.25) is 5.75 Å². The van der Waals surface area contributed by atoms with Crippen LogP contribution in [-0.4, -0.2) is 28.2 Å². The Bertz CT molecular complexity index is 1140. The zero-order valence-corrected chi connectivity index (χ0v) is 15.6. The molecule has 0 atom stereocenters. The number of nitrogens with one attached hydrogen (secondary N) is 1. The zero-order valence-electron chi connectivity index (χ0n) is 14.9. The highest BCUT2D eigenvalue weighted by atomic mass is 35.5. The van der Waals surface area contributed by atoms with Crippen LogP contribution in [0, 0.1) is 0 Å². The van der Waals surface area contributed by atoms with Crippen molar-refractivity contribution in [3.05, 3.63) is 51.8 Å². The summed E-state index contributed by atoms with van der Waals surface area (Å²) in [5.74, 6) is -1.28. The minimum absolute atomic E-state index is 0.0158. The highest BCUT2D eigenvalue weighted by Gasteiger charge is 2.27. The van der Waals surface area contributed by atoms with Gasteiger partial charge in [0.15, 0.2) is 5.65 Å². The SMILES string of the molecule is CC(=O)Oc1c(N)c2ccc(NCC(F)(F)F)nc2n(-c2ccc(Cl)cc2)c1=O. The highest BCUT2D eigenvalue weighted by Crippen LogP contribution is 2.30. The lowest BCUT2D eigenvalue weighted by Gasteiger charge is -2.16. The van der Waals surface area contributed by atoms with Gasteiger partial charge >= 0.3 is 17.7 Å². The molecule has 0 saturated carbocycles. The molecule has 11 heteroatoms. The highest BCUT2D eigenvalue weighted by molar-refractivity contribution is 6.30. The number of anilines is 2. The normalized spacial score (nSPS) is 11.5. The number of nitrogens with zero attached hydrogens (tertiary/aromatic N) is 2. The smallest absolute Gasteiger partial charge is 0.405 e. The summed E-state index contributed by atoms with van der Waals surface area (Å²) >= 11 is 5.88. The van der Waals surface area contributed by atoms with Crippen molar-refractivity contribution in [1.82, 2.24) is 9.55 Å². The molecule has 0 spiro atoms. The van der Waals surface area contributed by atoms with E-state index in [1.54, 1.807) is 0 Å². The first-order valence-electron chi connectivity index (χ1n) is 8.17. The van der Waals surface area contributed by atoms with Crippen molar-refractivity contribution in [3.8, 4) is 11.4 Å².